The average Bonchev–Trinajstić information content (AvgIpc) is 2.48. The lowest BCUT2D eigenvalue weighted by Crippen LogP contribution is -2.21. The Morgan fingerprint density at radius 2 is 1.81 bits per heavy atom. The molecule has 0 spiro atoms. The number of para-hydroxylation sites is 1. The maximum atomic E-state index is 12.2. The van der Waals surface area contributed by atoms with E-state index in [9.17, 15) is 9.00 Å². The van der Waals surface area contributed by atoms with Gasteiger partial charge in [0.2, 0.25) is 5.91 Å². The standard InChI is InChI=1S/C16H18N2O2S/c1-12-6-2-5-9-15(12)21(20)11-16(19)18-14-8-4-3-7-13(14)10-17/h2-9H,10-11,17H2,1H3,(H,18,19). The van der Waals surface area contributed by atoms with Gasteiger partial charge in [0.15, 0.2) is 0 Å². The number of carbonyl (C=O) groups excluding carboxylic acids is 1. The van der Waals surface area contributed by atoms with Gasteiger partial charge in [-0.2, -0.15) is 0 Å². The molecule has 0 aliphatic carbocycles. The first-order valence-electron chi connectivity index (χ1n) is 6.63. The molecule has 1 amide bonds. The van der Waals surface area contributed by atoms with Crippen molar-refractivity contribution in [1.29, 1.82) is 0 Å². The molecular formula is C16H18N2O2S. The Hall–Kier alpha value is -1.98. The van der Waals surface area contributed by atoms with Crippen molar-refractivity contribution in [3.8, 4) is 0 Å². The Bertz CT molecular complexity index is 671. The molecule has 2 aromatic carbocycles. The molecule has 0 saturated heterocycles. The molecule has 0 bridgehead atoms. The van der Waals surface area contributed by atoms with E-state index in [0.717, 1.165) is 11.1 Å². The molecule has 1 unspecified atom stereocenters. The first-order chi connectivity index (χ1) is 10.1. The number of carbonyl (C=O) groups is 1. The highest BCUT2D eigenvalue weighted by atomic mass is 32.2. The van der Waals surface area contributed by atoms with E-state index in [1.807, 2.05) is 43.3 Å². The molecule has 0 saturated carbocycles. The zero-order chi connectivity index (χ0) is 15.2. The molecule has 4 nitrogen and oxygen atoms in total. The van der Waals surface area contributed by atoms with E-state index in [1.54, 1.807) is 12.1 Å². The Morgan fingerprint density at radius 3 is 2.52 bits per heavy atom. The van der Waals surface area contributed by atoms with Gasteiger partial charge in [0.05, 0.1) is 10.8 Å². The summed E-state index contributed by atoms with van der Waals surface area (Å²) in [5.41, 5.74) is 8.08. The summed E-state index contributed by atoms with van der Waals surface area (Å²) in [4.78, 5) is 12.7. The third kappa shape index (κ3) is 4.00. The summed E-state index contributed by atoms with van der Waals surface area (Å²) in [6, 6.07) is 14.7. The van der Waals surface area contributed by atoms with Crippen molar-refractivity contribution >= 4 is 22.4 Å². The number of amides is 1. The first kappa shape index (κ1) is 15.4. The van der Waals surface area contributed by atoms with Crippen LogP contribution in [0.1, 0.15) is 11.1 Å². The van der Waals surface area contributed by atoms with Gasteiger partial charge >= 0.3 is 0 Å². The molecule has 1 atom stereocenters. The van der Waals surface area contributed by atoms with Crippen LogP contribution in [0, 0.1) is 6.92 Å². The van der Waals surface area contributed by atoms with Crippen LogP contribution in [0.25, 0.3) is 0 Å². The van der Waals surface area contributed by atoms with Crippen molar-refractivity contribution in [3.05, 3.63) is 59.7 Å². The normalized spacial score (nSPS) is 11.9. The van der Waals surface area contributed by atoms with Crippen molar-refractivity contribution in [3.63, 3.8) is 0 Å². The van der Waals surface area contributed by atoms with E-state index >= 15 is 0 Å². The number of nitrogens with one attached hydrogen (secondary N) is 1. The van der Waals surface area contributed by atoms with Crippen LogP contribution >= 0.6 is 0 Å². The van der Waals surface area contributed by atoms with Crippen LogP contribution < -0.4 is 11.1 Å². The number of aryl methyl sites for hydroxylation is 1. The van der Waals surface area contributed by atoms with E-state index in [4.69, 9.17) is 5.73 Å². The number of hydrogen-bond donors (Lipinski definition) is 2. The maximum absolute atomic E-state index is 12.2. The highest BCUT2D eigenvalue weighted by Gasteiger charge is 2.13. The monoisotopic (exact) mass is 302 g/mol. The van der Waals surface area contributed by atoms with E-state index < -0.39 is 10.8 Å². The Balaban J connectivity index is 2.05. The van der Waals surface area contributed by atoms with Crippen molar-refractivity contribution in [1.82, 2.24) is 0 Å². The molecule has 2 rings (SSSR count). The fraction of sp³-hybridized carbons (Fsp3) is 0.188. The molecule has 110 valence electrons. The lowest BCUT2D eigenvalue weighted by atomic mass is 10.2. The van der Waals surface area contributed by atoms with Crippen LogP contribution in [-0.4, -0.2) is 15.9 Å². The molecule has 0 radical (unpaired) electrons. The summed E-state index contributed by atoms with van der Waals surface area (Å²) in [5, 5.41) is 2.77. The van der Waals surface area contributed by atoms with Gasteiger partial charge in [0.25, 0.3) is 0 Å². The van der Waals surface area contributed by atoms with Gasteiger partial charge < -0.3 is 11.1 Å². The topological polar surface area (TPSA) is 72.2 Å². The van der Waals surface area contributed by atoms with Crippen molar-refractivity contribution in [2.45, 2.75) is 18.4 Å². The molecule has 0 heterocycles. The summed E-state index contributed by atoms with van der Waals surface area (Å²) < 4.78 is 12.2. The summed E-state index contributed by atoms with van der Waals surface area (Å²) in [7, 11) is -1.35. The number of hydrogen-bond acceptors (Lipinski definition) is 3. The minimum Gasteiger partial charge on any atom is -0.326 e. The molecule has 5 heteroatoms. The van der Waals surface area contributed by atoms with Crippen LogP contribution in [0.3, 0.4) is 0 Å². The fourth-order valence-corrected chi connectivity index (χ4v) is 3.14. The molecule has 0 fully saturated rings. The van der Waals surface area contributed by atoms with Gasteiger partial charge in [-0.3, -0.25) is 9.00 Å². The average molecular weight is 302 g/mol. The zero-order valence-corrected chi connectivity index (χ0v) is 12.7. The quantitative estimate of drug-likeness (QED) is 0.889. The largest absolute Gasteiger partial charge is 0.326 e. The molecule has 21 heavy (non-hydrogen) atoms. The van der Waals surface area contributed by atoms with Gasteiger partial charge in [0, 0.05) is 17.1 Å². The molecule has 0 aliphatic rings. The van der Waals surface area contributed by atoms with Crippen molar-refractivity contribution < 1.29 is 9.00 Å². The van der Waals surface area contributed by atoms with Gasteiger partial charge in [-0.25, -0.2) is 0 Å². The summed E-state index contributed by atoms with van der Waals surface area (Å²) >= 11 is 0. The van der Waals surface area contributed by atoms with E-state index in [0.29, 0.717) is 17.1 Å². The smallest absolute Gasteiger partial charge is 0.237 e. The van der Waals surface area contributed by atoms with E-state index in [1.165, 1.54) is 0 Å². The van der Waals surface area contributed by atoms with Crippen LogP contribution in [0.4, 0.5) is 5.69 Å². The van der Waals surface area contributed by atoms with Crippen LogP contribution in [0.15, 0.2) is 53.4 Å². The van der Waals surface area contributed by atoms with Crippen molar-refractivity contribution in [2.75, 3.05) is 11.1 Å². The van der Waals surface area contributed by atoms with Crippen LogP contribution in [0.5, 0.6) is 0 Å². The van der Waals surface area contributed by atoms with Crippen LogP contribution in [-0.2, 0) is 22.1 Å². The SMILES string of the molecule is Cc1ccccc1S(=O)CC(=O)Nc1ccccc1CN. The van der Waals surface area contributed by atoms with Gasteiger partial charge in [0.1, 0.15) is 5.75 Å². The molecule has 0 aliphatic heterocycles. The number of benzene rings is 2. The Morgan fingerprint density at radius 1 is 1.14 bits per heavy atom. The minimum atomic E-state index is -1.35. The zero-order valence-electron chi connectivity index (χ0n) is 11.8. The van der Waals surface area contributed by atoms with Crippen molar-refractivity contribution in [2.24, 2.45) is 5.73 Å². The van der Waals surface area contributed by atoms with Gasteiger partial charge in [-0.15, -0.1) is 0 Å². The third-order valence-corrected chi connectivity index (χ3v) is 4.59. The number of rotatable bonds is 5. The second kappa shape index (κ2) is 7.15. The van der Waals surface area contributed by atoms with E-state index in [2.05, 4.69) is 5.32 Å². The lowest BCUT2D eigenvalue weighted by molar-refractivity contribution is -0.113. The fourth-order valence-electron chi connectivity index (χ4n) is 2.02. The highest BCUT2D eigenvalue weighted by Crippen LogP contribution is 2.16. The maximum Gasteiger partial charge on any atom is 0.237 e. The molecular weight excluding hydrogens is 284 g/mol. The number of anilines is 1. The van der Waals surface area contributed by atoms with E-state index in [-0.39, 0.29) is 11.7 Å². The minimum absolute atomic E-state index is 0.0657. The summed E-state index contributed by atoms with van der Waals surface area (Å²) in [6.45, 7) is 2.23. The second-order valence-electron chi connectivity index (χ2n) is 4.66. The summed E-state index contributed by atoms with van der Waals surface area (Å²) in [5.74, 6) is -0.346. The lowest BCUT2D eigenvalue weighted by Gasteiger charge is -2.10. The Kier molecular flexibility index (Phi) is 5.25. The Labute approximate surface area is 126 Å². The second-order valence-corrected chi connectivity index (χ2v) is 6.08. The molecule has 2 aromatic rings. The molecule has 3 N–H and O–H groups in total. The van der Waals surface area contributed by atoms with Gasteiger partial charge in [-0.1, -0.05) is 36.4 Å². The third-order valence-electron chi connectivity index (χ3n) is 3.11. The van der Waals surface area contributed by atoms with Gasteiger partial charge in [-0.05, 0) is 30.2 Å². The predicted molar refractivity (Wildman–Crippen MR) is 85.4 cm³/mol. The number of nitrogens with two attached hydrogens (primary N) is 1. The van der Waals surface area contributed by atoms with Crippen LogP contribution in [0.2, 0.25) is 0 Å². The predicted octanol–water partition coefficient (Wildman–Crippen LogP) is 2.20. The molecule has 0 aromatic heterocycles. The summed E-state index contributed by atoms with van der Waals surface area (Å²) in [6.07, 6.45) is 0. The first-order valence-corrected chi connectivity index (χ1v) is 7.95. The highest BCUT2D eigenvalue weighted by molar-refractivity contribution is 7.85.